The first-order valence-electron chi connectivity index (χ1n) is 28.6. The number of aliphatic imine (C=N–C) groups is 1. The second-order valence-corrected chi connectivity index (χ2v) is 21.8. The molecule has 0 bridgehead atoms. The van der Waals surface area contributed by atoms with Gasteiger partial charge in [-0.15, -0.1) is 0 Å². The fourth-order valence-electron chi connectivity index (χ4n) is 9.27. The fourth-order valence-corrected chi connectivity index (χ4v) is 9.27. The zero-order valence-electron chi connectivity index (χ0n) is 49.8. The van der Waals surface area contributed by atoms with Gasteiger partial charge < -0.3 is 75.6 Å². The molecule has 0 fully saturated rings. The Morgan fingerprint density at radius 1 is 0.568 bits per heavy atom. The monoisotopic (exact) mass is 1220 g/mol. The van der Waals surface area contributed by atoms with E-state index in [1.807, 2.05) is 24.3 Å². The lowest BCUT2D eigenvalue weighted by Gasteiger charge is -2.28. The summed E-state index contributed by atoms with van der Waals surface area (Å²) in [6.07, 6.45) is 4.12. The molecule has 28 heteroatoms. The molecule has 0 unspecified atom stereocenters. The van der Waals surface area contributed by atoms with Crippen LogP contribution in [0, 0.1) is 11.8 Å². The molecule has 28 nitrogen and oxygen atoms in total. The number of primary amides is 2. The van der Waals surface area contributed by atoms with Crippen molar-refractivity contribution in [3.63, 3.8) is 0 Å². The van der Waals surface area contributed by atoms with Crippen molar-refractivity contribution in [1.82, 2.24) is 63.4 Å². The highest BCUT2D eigenvalue weighted by Crippen LogP contribution is 2.20. The number of aromatic hydroxyl groups is 1. The molecular weight excluding hydrogens is 1130 g/mol. The summed E-state index contributed by atoms with van der Waals surface area (Å²) >= 11 is 0. The van der Waals surface area contributed by atoms with Crippen LogP contribution in [0.5, 0.6) is 5.75 Å². The number of hydrogen-bond acceptors (Lipinski definition) is 14. The summed E-state index contributed by atoms with van der Waals surface area (Å²) in [5, 5.41) is 31.7. The summed E-state index contributed by atoms with van der Waals surface area (Å²) in [4.78, 5) is 148. The third-order valence-electron chi connectivity index (χ3n) is 14.0. The third-order valence-corrected chi connectivity index (χ3v) is 14.0. The SMILES string of the molecule is CN=C(N)NCCC[C@H](NC(=O)[C@H](CC(C)C)NC(=O)NNC(=O)[C@H](Cc1ccccc1)NC(=O)[C@@H](NC(=O)[C@H](CC(N)=O)NC(=O)[C@@H](Cc1ccncc1)NC(=O)[C@H](N)Cc1ccc(O)cc1)C(C)C)C(=O)N[C@@H](Cc1c[nH]c2ccccc12)C(N)=O. The second kappa shape index (κ2) is 34.1. The van der Waals surface area contributed by atoms with Crippen molar-refractivity contribution < 1.29 is 53.1 Å². The van der Waals surface area contributed by atoms with Crippen LogP contribution < -0.4 is 76.3 Å². The highest BCUT2D eigenvalue weighted by atomic mass is 16.3. The largest absolute Gasteiger partial charge is 0.508 e. The van der Waals surface area contributed by atoms with Gasteiger partial charge in [0.05, 0.1) is 12.5 Å². The summed E-state index contributed by atoms with van der Waals surface area (Å²) in [5.41, 5.74) is 31.2. The Bertz CT molecular complexity index is 3220. The van der Waals surface area contributed by atoms with E-state index in [1.165, 1.54) is 31.6 Å². The molecule has 88 heavy (non-hydrogen) atoms. The quantitative estimate of drug-likeness (QED) is 0.0105. The molecule has 472 valence electrons. The van der Waals surface area contributed by atoms with E-state index in [2.05, 4.69) is 68.3 Å². The Hall–Kier alpha value is -10.1. The number of carbonyl (C=O) groups excluding carboxylic acids is 10. The van der Waals surface area contributed by atoms with E-state index in [0.29, 0.717) is 22.3 Å². The lowest BCUT2D eigenvalue weighted by atomic mass is 10.00. The van der Waals surface area contributed by atoms with Gasteiger partial charge in [-0.25, -0.2) is 10.2 Å². The highest BCUT2D eigenvalue weighted by molar-refractivity contribution is 5.99. The summed E-state index contributed by atoms with van der Waals surface area (Å²) in [5.74, 6) is -8.55. The van der Waals surface area contributed by atoms with E-state index in [0.717, 1.165) is 10.9 Å². The minimum absolute atomic E-state index is 0.0113. The zero-order chi connectivity index (χ0) is 64.5. The molecule has 0 aliphatic carbocycles. The van der Waals surface area contributed by atoms with E-state index in [1.54, 1.807) is 88.5 Å². The molecule has 0 aliphatic rings. The maximum absolute atomic E-state index is 14.3. The minimum atomic E-state index is -1.68. The van der Waals surface area contributed by atoms with Crippen LogP contribution >= 0.6 is 0 Å². The van der Waals surface area contributed by atoms with Crippen molar-refractivity contribution in [3.05, 3.63) is 132 Å². The number of hydrazine groups is 1. The number of pyridine rings is 1. The standard InChI is InChI=1S/C60H81N17O11/c1-33(2)26-45(54(83)69-43(16-11-23-67-59(64)65-5)53(82)70-44(51(63)80)30-38-32-68-42-15-10-9-14-40(38)42)74-60(88)77-76-57(86)47(28-35-12-7-6-8-13-35)73-58(87)50(34(3)4)75-56(85)48(31-49(62)79)72-55(84)46(29-37-21-24-66-25-22-37)71-52(81)41(61)27-36-17-19-39(78)20-18-36/h6-10,12-15,17-22,24-25,32-34,41,43-48,50,68,78H,11,16,23,26-31,61H2,1-5H3,(H2,62,79)(H2,63,80)(H,69,83)(H,70,82)(H,71,81)(H,72,84)(H,73,87)(H,75,85)(H,76,86)(H3,64,65,67)(H2,74,77,88)/t41-,43+,44+,45+,46-,47+,48+,50+/m1/s1. The molecule has 2 heterocycles. The van der Waals surface area contributed by atoms with E-state index in [-0.39, 0.29) is 69.1 Å². The first-order valence-corrected chi connectivity index (χ1v) is 28.6. The second-order valence-electron chi connectivity index (χ2n) is 21.8. The highest BCUT2D eigenvalue weighted by Gasteiger charge is 2.35. The average molecular weight is 1220 g/mol. The molecule has 8 atom stereocenters. The number of H-pyrrole nitrogens is 1. The number of amides is 11. The van der Waals surface area contributed by atoms with Gasteiger partial charge in [0.1, 0.15) is 48.0 Å². The number of benzene rings is 3. The fraction of sp³-hybridized carbons (Fsp3) is 0.400. The van der Waals surface area contributed by atoms with Gasteiger partial charge in [-0.2, -0.15) is 0 Å². The van der Waals surface area contributed by atoms with Gasteiger partial charge in [0.15, 0.2) is 5.96 Å². The number of hydrogen-bond donors (Lipinski definition) is 16. The number of urea groups is 1. The van der Waals surface area contributed by atoms with Gasteiger partial charge in [-0.1, -0.05) is 88.4 Å². The van der Waals surface area contributed by atoms with Crippen molar-refractivity contribution in [2.75, 3.05) is 13.6 Å². The summed E-state index contributed by atoms with van der Waals surface area (Å²) in [6, 6.07) is 13.3. The molecule has 5 aromatic rings. The number of aromatic amines is 1. The molecule has 20 N–H and O–H groups in total. The Morgan fingerprint density at radius 3 is 1.76 bits per heavy atom. The number of carbonyl (C=O) groups is 10. The Labute approximate surface area is 509 Å². The number of rotatable bonds is 32. The number of nitrogens with one attached hydrogen (secondary N) is 11. The Morgan fingerprint density at radius 2 is 1.12 bits per heavy atom. The van der Waals surface area contributed by atoms with Crippen LogP contribution in [0.2, 0.25) is 0 Å². The maximum atomic E-state index is 14.3. The Balaban J connectivity index is 1.28. The predicted octanol–water partition coefficient (Wildman–Crippen LogP) is -1.15. The van der Waals surface area contributed by atoms with E-state index < -0.39 is 120 Å². The van der Waals surface area contributed by atoms with Gasteiger partial charge in [-0.05, 0) is 90.1 Å². The average Bonchev–Trinajstić information content (AvgIpc) is 4.12. The van der Waals surface area contributed by atoms with Crippen LogP contribution in [0.3, 0.4) is 0 Å². The zero-order valence-corrected chi connectivity index (χ0v) is 49.8. The van der Waals surface area contributed by atoms with Crippen LogP contribution in [0.25, 0.3) is 10.9 Å². The summed E-state index contributed by atoms with van der Waals surface area (Å²) in [6.45, 7) is 7.01. The number of guanidine groups is 1. The minimum Gasteiger partial charge on any atom is -0.508 e. The molecule has 0 aliphatic heterocycles. The molecule has 11 amide bonds. The number of aromatic nitrogens is 2. The number of phenolic OH excluding ortho intramolecular Hbond substituents is 1. The molecule has 0 radical (unpaired) electrons. The van der Waals surface area contributed by atoms with Crippen molar-refractivity contribution >= 4 is 76.1 Å². The van der Waals surface area contributed by atoms with Crippen molar-refractivity contribution in [2.45, 2.75) is 127 Å². The van der Waals surface area contributed by atoms with E-state index in [4.69, 9.17) is 22.9 Å². The Kier molecular flexibility index (Phi) is 26.6. The van der Waals surface area contributed by atoms with Gasteiger partial charge in [0.2, 0.25) is 47.3 Å². The molecule has 0 saturated carbocycles. The predicted molar refractivity (Wildman–Crippen MR) is 327 cm³/mol. The number of para-hydroxylation sites is 1. The number of phenols is 1. The topological polar surface area (TPSA) is 456 Å². The smallest absolute Gasteiger partial charge is 0.334 e. The van der Waals surface area contributed by atoms with Gasteiger partial charge in [-0.3, -0.25) is 58.6 Å². The summed E-state index contributed by atoms with van der Waals surface area (Å²) in [7, 11) is 1.49. The number of nitrogens with zero attached hydrogens (tertiary/aromatic N) is 2. The van der Waals surface area contributed by atoms with Crippen LogP contribution in [0.1, 0.15) is 75.6 Å². The van der Waals surface area contributed by atoms with Gasteiger partial charge >= 0.3 is 6.03 Å². The first kappa shape index (κ1) is 68.7. The van der Waals surface area contributed by atoms with Crippen LogP contribution in [0.15, 0.2) is 115 Å². The van der Waals surface area contributed by atoms with Gasteiger partial charge in [0.25, 0.3) is 5.91 Å². The molecule has 0 saturated heterocycles. The van der Waals surface area contributed by atoms with Crippen LogP contribution in [-0.2, 0) is 68.8 Å². The van der Waals surface area contributed by atoms with Crippen LogP contribution in [0.4, 0.5) is 4.79 Å². The van der Waals surface area contributed by atoms with Crippen LogP contribution in [-0.4, -0.2) is 142 Å². The van der Waals surface area contributed by atoms with Crippen molar-refractivity contribution in [2.24, 2.45) is 39.8 Å². The molecule has 3 aromatic carbocycles. The van der Waals surface area contributed by atoms with E-state index in [9.17, 15) is 53.1 Å². The normalized spacial score (nSPS) is 14.1. The number of fused-ring (bicyclic) bond motifs is 1. The van der Waals surface area contributed by atoms with E-state index >= 15 is 0 Å². The lowest BCUT2D eigenvalue weighted by Crippen LogP contribution is -2.62. The molecule has 5 rings (SSSR count). The number of nitrogens with two attached hydrogens (primary N) is 4. The van der Waals surface area contributed by atoms with Crippen molar-refractivity contribution in [1.29, 1.82) is 0 Å². The van der Waals surface area contributed by atoms with Crippen molar-refractivity contribution in [3.8, 4) is 5.75 Å². The lowest BCUT2D eigenvalue weighted by molar-refractivity contribution is -0.136. The summed E-state index contributed by atoms with van der Waals surface area (Å²) < 4.78 is 0. The molecule has 0 spiro atoms. The first-order chi connectivity index (χ1) is 41.9. The maximum Gasteiger partial charge on any atom is 0.334 e. The third kappa shape index (κ3) is 22.4. The molecule has 2 aromatic heterocycles. The molecular formula is C60H81N17O11. The van der Waals surface area contributed by atoms with Gasteiger partial charge in [0, 0.05) is 62.3 Å².